The fraction of sp³-hybridized carbons (Fsp3) is 0.0769. The van der Waals surface area contributed by atoms with Crippen molar-refractivity contribution in [2.24, 2.45) is 0 Å². The van der Waals surface area contributed by atoms with Crippen LogP contribution in [0.4, 0.5) is 17.1 Å². The van der Waals surface area contributed by atoms with E-state index in [-0.39, 0.29) is 10.8 Å². The Morgan fingerprint density at radius 3 is 1.56 bits per heavy atom. The third-order valence-electron chi connectivity index (χ3n) is 12.7. The van der Waals surface area contributed by atoms with Crippen molar-refractivity contribution < 1.29 is 0 Å². The maximum Gasteiger partial charge on any atom is 0.0725 e. The topological polar surface area (TPSA) is 3.24 Å². The molecule has 0 atom stereocenters. The molecule has 0 N–H and O–H groups in total. The minimum Gasteiger partial charge on any atom is -0.309 e. The quantitative estimate of drug-likeness (QED) is 0.174. The second kappa shape index (κ2) is 11.1. The average molecular weight is 740 g/mol. The zero-order chi connectivity index (χ0) is 36.6. The van der Waals surface area contributed by atoms with Crippen LogP contribution < -0.4 is 4.90 Å². The van der Waals surface area contributed by atoms with Crippen molar-refractivity contribution in [1.82, 2.24) is 0 Å². The molecule has 0 amide bonds. The van der Waals surface area contributed by atoms with Gasteiger partial charge in [-0.1, -0.05) is 153 Å². The van der Waals surface area contributed by atoms with Crippen LogP contribution >= 0.6 is 22.9 Å². The Bertz CT molecular complexity index is 3070. The largest absolute Gasteiger partial charge is 0.309 e. The summed E-state index contributed by atoms with van der Waals surface area (Å²) in [6.07, 6.45) is 0. The number of rotatable bonds is 3. The van der Waals surface area contributed by atoms with Crippen molar-refractivity contribution in [3.63, 3.8) is 0 Å². The zero-order valence-electron chi connectivity index (χ0n) is 30.4. The molecule has 1 heterocycles. The van der Waals surface area contributed by atoms with Crippen molar-refractivity contribution in [1.29, 1.82) is 0 Å². The maximum absolute atomic E-state index is 6.56. The highest BCUT2D eigenvalue weighted by molar-refractivity contribution is 7.26. The Hall–Kier alpha value is -5.93. The molecule has 3 heteroatoms. The van der Waals surface area contributed by atoms with E-state index in [0.29, 0.717) is 0 Å². The van der Waals surface area contributed by atoms with E-state index in [1.807, 2.05) is 17.4 Å². The second-order valence-electron chi connectivity index (χ2n) is 15.7. The summed E-state index contributed by atoms with van der Waals surface area (Å²) in [5.74, 6) is 0. The van der Waals surface area contributed by atoms with E-state index in [9.17, 15) is 0 Å². The summed E-state index contributed by atoms with van der Waals surface area (Å²) >= 11 is 8.39. The van der Waals surface area contributed by atoms with E-state index in [2.05, 4.69) is 183 Å². The number of nitrogens with zero attached hydrogens (tertiary/aromatic N) is 1. The monoisotopic (exact) mass is 739 g/mol. The summed E-state index contributed by atoms with van der Waals surface area (Å²) in [5.41, 5.74) is 19.0. The van der Waals surface area contributed by atoms with Crippen molar-refractivity contribution in [3.05, 3.63) is 208 Å². The Kier molecular flexibility index (Phi) is 6.33. The van der Waals surface area contributed by atoms with Crippen LogP contribution in [-0.2, 0) is 10.8 Å². The van der Waals surface area contributed by atoms with Gasteiger partial charge < -0.3 is 4.90 Å². The zero-order valence-corrected chi connectivity index (χ0v) is 32.0. The first-order chi connectivity index (χ1) is 26.9. The predicted molar refractivity (Wildman–Crippen MR) is 233 cm³/mol. The van der Waals surface area contributed by atoms with Gasteiger partial charge in [-0.3, -0.25) is 0 Å². The molecule has 260 valence electrons. The first-order valence-electron chi connectivity index (χ1n) is 19.0. The highest BCUT2D eigenvalue weighted by Gasteiger charge is 2.51. The average Bonchev–Trinajstić information content (AvgIpc) is 3.90. The Morgan fingerprint density at radius 2 is 0.927 bits per heavy atom. The van der Waals surface area contributed by atoms with Crippen LogP contribution in [0.15, 0.2) is 170 Å². The lowest BCUT2D eigenvalue weighted by atomic mass is 9.70. The SMILES string of the molecule is CC1(C)c2ccccc2-c2cc(N(c3ccc4c(c3)-c3ccccc3C43c4ccccc4-c4ccccc43)c3cccc4c3sc3cc(Cl)ccc34)ccc21. The summed E-state index contributed by atoms with van der Waals surface area (Å²) < 4.78 is 2.44. The molecule has 9 aromatic rings. The summed E-state index contributed by atoms with van der Waals surface area (Å²) in [5, 5.41) is 3.24. The van der Waals surface area contributed by atoms with Gasteiger partial charge in [0.15, 0.2) is 0 Å². The Balaban J connectivity index is 1.14. The van der Waals surface area contributed by atoms with Gasteiger partial charge in [-0.25, -0.2) is 0 Å². The number of thiophene rings is 1. The van der Waals surface area contributed by atoms with Gasteiger partial charge in [-0.05, 0) is 109 Å². The molecule has 0 radical (unpaired) electrons. The summed E-state index contributed by atoms with van der Waals surface area (Å²) in [6, 6.07) is 63.5. The highest BCUT2D eigenvalue weighted by Crippen LogP contribution is 2.63. The van der Waals surface area contributed by atoms with E-state index in [0.717, 1.165) is 22.1 Å². The van der Waals surface area contributed by atoms with Crippen LogP contribution in [0.5, 0.6) is 0 Å². The molecule has 0 unspecified atom stereocenters. The van der Waals surface area contributed by atoms with Crippen LogP contribution in [0.25, 0.3) is 53.6 Å². The van der Waals surface area contributed by atoms with Crippen molar-refractivity contribution in [2.75, 3.05) is 4.90 Å². The molecule has 0 saturated carbocycles. The lowest BCUT2D eigenvalue weighted by Crippen LogP contribution is -2.25. The van der Waals surface area contributed by atoms with Crippen molar-refractivity contribution in [3.8, 4) is 33.4 Å². The van der Waals surface area contributed by atoms with Crippen LogP contribution in [0.1, 0.15) is 47.2 Å². The van der Waals surface area contributed by atoms with Crippen LogP contribution in [0, 0.1) is 0 Å². The van der Waals surface area contributed by atoms with Crippen LogP contribution in [0.2, 0.25) is 5.02 Å². The van der Waals surface area contributed by atoms with Gasteiger partial charge in [0.1, 0.15) is 0 Å². The molecule has 8 aromatic carbocycles. The molecule has 1 nitrogen and oxygen atoms in total. The standard InChI is InChI=1S/C52H34ClNS/c1-51(2)42-17-7-3-14-36(42)40-29-32(23-26-43(40)51)54(48-21-11-16-39-38-25-22-31(53)28-49(38)55-50(39)48)33-24-27-47-41(30-33)37-15-6-10-20-46(37)52(47)44-18-8-4-12-34(44)35-13-5-9-19-45(35)52/h3-30H,1-2H3. The lowest BCUT2D eigenvalue weighted by Gasteiger charge is -2.31. The molecule has 0 aliphatic heterocycles. The molecule has 1 spiro atoms. The summed E-state index contributed by atoms with van der Waals surface area (Å²) in [6.45, 7) is 4.70. The van der Waals surface area contributed by atoms with Crippen LogP contribution in [-0.4, -0.2) is 0 Å². The third kappa shape index (κ3) is 4.03. The molecule has 55 heavy (non-hydrogen) atoms. The number of hydrogen-bond acceptors (Lipinski definition) is 2. The molecular formula is C52H34ClNS. The maximum atomic E-state index is 6.56. The van der Waals surface area contributed by atoms with E-state index >= 15 is 0 Å². The number of hydrogen-bond donors (Lipinski definition) is 0. The summed E-state index contributed by atoms with van der Waals surface area (Å²) in [7, 11) is 0. The molecule has 12 rings (SSSR count). The number of fused-ring (bicyclic) bond motifs is 16. The fourth-order valence-corrected chi connectivity index (χ4v) is 11.9. The van der Waals surface area contributed by atoms with Gasteiger partial charge >= 0.3 is 0 Å². The number of anilines is 3. The smallest absolute Gasteiger partial charge is 0.0725 e. The molecule has 3 aliphatic rings. The Morgan fingerprint density at radius 1 is 0.436 bits per heavy atom. The molecule has 0 bridgehead atoms. The van der Waals surface area contributed by atoms with E-state index in [1.165, 1.54) is 86.9 Å². The van der Waals surface area contributed by atoms with Gasteiger partial charge in [-0.15, -0.1) is 11.3 Å². The summed E-state index contributed by atoms with van der Waals surface area (Å²) in [4.78, 5) is 2.50. The third-order valence-corrected chi connectivity index (χ3v) is 14.2. The predicted octanol–water partition coefficient (Wildman–Crippen LogP) is 14.8. The van der Waals surface area contributed by atoms with E-state index < -0.39 is 0 Å². The second-order valence-corrected chi connectivity index (χ2v) is 17.2. The highest BCUT2D eigenvalue weighted by atomic mass is 35.5. The van der Waals surface area contributed by atoms with Crippen LogP contribution in [0.3, 0.4) is 0 Å². The lowest BCUT2D eigenvalue weighted by molar-refractivity contribution is 0.660. The van der Waals surface area contributed by atoms with Gasteiger partial charge in [-0.2, -0.15) is 0 Å². The van der Waals surface area contributed by atoms with Gasteiger partial charge in [0.05, 0.1) is 15.8 Å². The van der Waals surface area contributed by atoms with E-state index in [4.69, 9.17) is 11.6 Å². The normalized spacial score (nSPS) is 14.7. The number of benzene rings is 8. The van der Waals surface area contributed by atoms with Crippen molar-refractivity contribution in [2.45, 2.75) is 24.7 Å². The fourth-order valence-electron chi connectivity index (χ4n) is 10.4. The van der Waals surface area contributed by atoms with Gasteiger partial charge in [0.25, 0.3) is 0 Å². The van der Waals surface area contributed by atoms with Gasteiger partial charge in [0, 0.05) is 37.3 Å². The first-order valence-corrected chi connectivity index (χ1v) is 20.2. The minimum absolute atomic E-state index is 0.0699. The minimum atomic E-state index is -0.379. The van der Waals surface area contributed by atoms with Gasteiger partial charge in [0.2, 0.25) is 0 Å². The molecule has 1 aromatic heterocycles. The first kappa shape index (κ1) is 31.4. The number of halogens is 1. The molecule has 0 saturated heterocycles. The van der Waals surface area contributed by atoms with Crippen molar-refractivity contribution >= 4 is 60.2 Å². The van der Waals surface area contributed by atoms with E-state index in [1.54, 1.807) is 0 Å². The molecular weight excluding hydrogens is 706 g/mol. The Labute approximate surface area is 329 Å². The molecule has 3 aliphatic carbocycles. The molecule has 0 fully saturated rings.